The lowest BCUT2D eigenvalue weighted by Gasteiger charge is -2.19. The van der Waals surface area contributed by atoms with Crippen LogP contribution < -0.4 is 5.73 Å². The smallest absolute Gasteiger partial charge is 0.208 e. The van der Waals surface area contributed by atoms with Crippen LogP contribution in [0.4, 0.5) is 0 Å². The van der Waals surface area contributed by atoms with Gasteiger partial charge in [0.1, 0.15) is 5.84 Å². The Bertz CT molecular complexity index is 870. The molecule has 5 nitrogen and oxygen atoms in total. The van der Waals surface area contributed by atoms with E-state index in [4.69, 9.17) is 11.1 Å². The van der Waals surface area contributed by atoms with E-state index in [1.165, 1.54) is 30.3 Å². The van der Waals surface area contributed by atoms with E-state index < -0.39 is 9.84 Å². The van der Waals surface area contributed by atoms with E-state index in [9.17, 15) is 13.2 Å². The predicted octanol–water partition coefficient (Wildman–Crippen LogP) is 1.35. The van der Waals surface area contributed by atoms with Crippen LogP contribution in [0.3, 0.4) is 0 Å². The fourth-order valence-electron chi connectivity index (χ4n) is 2.25. The third-order valence-electron chi connectivity index (χ3n) is 3.25. The monoisotopic (exact) mass is 286 g/mol. The number of fused-ring (bicyclic) bond motifs is 2. The zero-order valence-corrected chi connectivity index (χ0v) is 11.1. The number of ketones is 1. The van der Waals surface area contributed by atoms with Crippen molar-refractivity contribution in [2.45, 2.75) is 9.79 Å². The van der Waals surface area contributed by atoms with Gasteiger partial charge in [-0.15, -0.1) is 0 Å². The Morgan fingerprint density at radius 1 is 1.00 bits per heavy atom. The van der Waals surface area contributed by atoms with Crippen LogP contribution >= 0.6 is 0 Å². The molecule has 0 spiro atoms. The van der Waals surface area contributed by atoms with Crippen molar-refractivity contribution in [1.29, 1.82) is 5.41 Å². The van der Waals surface area contributed by atoms with Crippen molar-refractivity contribution in [3.63, 3.8) is 0 Å². The minimum absolute atomic E-state index is 0.00166. The van der Waals surface area contributed by atoms with E-state index in [-0.39, 0.29) is 38.1 Å². The first-order valence-electron chi connectivity index (χ1n) is 5.80. The van der Waals surface area contributed by atoms with Gasteiger partial charge in [0.2, 0.25) is 9.84 Å². The molecule has 0 amide bonds. The Morgan fingerprint density at radius 3 is 2.35 bits per heavy atom. The number of sulfone groups is 1. The highest BCUT2D eigenvalue weighted by molar-refractivity contribution is 7.91. The number of hydrogen-bond acceptors (Lipinski definition) is 4. The third kappa shape index (κ3) is 1.58. The summed E-state index contributed by atoms with van der Waals surface area (Å²) in [6.07, 6.45) is 0. The van der Waals surface area contributed by atoms with Crippen LogP contribution in [0.25, 0.3) is 0 Å². The molecular weight excluding hydrogens is 276 g/mol. The van der Waals surface area contributed by atoms with Gasteiger partial charge in [0.15, 0.2) is 5.78 Å². The molecule has 1 heterocycles. The van der Waals surface area contributed by atoms with Crippen LogP contribution in [0.5, 0.6) is 0 Å². The molecule has 2 aromatic carbocycles. The first-order chi connectivity index (χ1) is 9.43. The van der Waals surface area contributed by atoms with Crippen LogP contribution in [0.15, 0.2) is 52.3 Å². The van der Waals surface area contributed by atoms with E-state index in [1.54, 1.807) is 12.1 Å². The lowest BCUT2D eigenvalue weighted by Crippen LogP contribution is -2.21. The number of hydrogen-bond donors (Lipinski definition) is 2. The molecule has 20 heavy (non-hydrogen) atoms. The van der Waals surface area contributed by atoms with Gasteiger partial charge in [0, 0.05) is 16.7 Å². The second kappa shape index (κ2) is 4.01. The maximum Gasteiger partial charge on any atom is 0.208 e. The van der Waals surface area contributed by atoms with Crippen molar-refractivity contribution >= 4 is 21.5 Å². The first kappa shape index (κ1) is 12.6. The van der Waals surface area contributed by atoms with Crippen molar-refractivity contribution in [2.24, 2.45) is 5.73 Å². The Hall–Kier alpha value is -2.47. The fourth-order valence-corrected chi connectivity index (χ4v) is 3.93. The maximum absolute atomic E-state index is 12.6. The summed E-state index contributed by atoms with van der Waals surface area (Å²) in [5.41, 5.74) is 5.94. The van der Waals surface area contributed by atoms with E-state index >= 15 is 0 Å². The highest BCUT2D eigenvalue weighted by Crippen LogP contribution is 2.34. The Morgan fingerprint density at radius 2 is 1.65 bits per heavy atom. The molecule has 0 fully saturated rings. The topological polar surface area (TPSA) is 101 Å². The molecule has 1 aliphatic heterocycles. The molecule has 0 saturated carbocycles. The highest BCUT2D eigenvalue weighted by Gasteiger charge is 2.34. The van der Waals surface area contributed by atoms with Crippen LogP contribution in [0, 0.1) is 5.41 Å². The lowest BCUT2D eigenvalue weighted by atomic mass is 10.0. The Kier molecular flexibility index (Phi) is 2.52. The molecular formula is C14H10N2O3S. The highest BCUT2D eigenvalue weighted by atomic mass is 32.2. The molecule has 0 radical (unpaired) electrons. The van der Waals surface area contributed by atoms with Gasteiger partial charge in [-0.2, -0.15) is 0 Å². The molecule has 1 aliphatic rings. The summed E-state index contributed by atoms with van der Waals surface area (Å²) >= 11 is 0. The standard InChI is InChI=1S/C14H10N2O3S/c15-14(16)8-5-6-10-12(7-8)20(18,19)11-4-2-1-3-9(11)13(10)17/h1-7H,(H3,15,16). The van der Waals surface area contributed by atoms with Gasteiger partial charge in [-0.05, 0) is 24.3 Å². The number of nitrogen functional groups attached to an aromatic ring is 1. The molecule has 0 bridgehead atoms. The molecule has 100 valence electrons. The second-order valence-corrected chi connectivity index (χ2v) is 6.34. The van der Waals surface area contributed by atoms with Crippen LogP contribution in [0.1, 0.15) is 21.5 Å². The van der Waals surface area contributed by atoms with Crippen LogP contribution in [-0.4, -0.2) is 20.0 Å². The molecule has 6 heteroatoms. The summed E-state index contributed by atoms with van der Waals surface area (Å²) in [6, 6.07) is 10.3. The summed E-state index contributed by atoms with van der Waals surface area (Å²) in [7, 11) is -3.76. The predicted molar refractivity (Wildman–Crippen MR) is 72.8 cm³/mol. The van der Waals surface area contributed by atoms with E-state index in [0.717, 1.165) is 0 Å². The minimum Gasteiger partial charge on any atom is -0.384 e. The minimum atomic E-state index is -3.76. The number of nitrogens with two attached hydrogens (primary N) is 1. The van der Waals surface area contributed by atoms with E-state index in [2.05, 4.69) is 0 Å². The third-order valence-corrected chi connectivity index (χ3v) is 5.10. The summed E-state index contributed by atoms with van der Waals surface area (Å²) in [5, 5.41) is 7.38. The van der Waals surface area contributed by atoms with Crippen molar-refractivity contribution in [3.05, 3.63) is 59.2 Å². The molecule has 0 atom stereocenters. The van der Waals surface area contributed by atoms with Crippen LogP contribution in [0.2, 0.25) is 0 Å². The number of carbonyl (C=O) groups is 1. The first-order valence-corrected chi connectivity index (χ1v) is 7.28. The quantitative estimate of drug-likeness (QED) is 0.520. The average Bonchev–Trinajstić information content (AvgIpc) is 2.44. The summed E-state index contributed by atoms with van der Waals surface area (Å²) in [5.74, 6) is -0.574. The molecule has 0 saturated heterocycles. The van der Waals surface area contributed by atoms with Gasteiger partial charge in [0.25, 0.3) is 0 Å². The molecule has 2 aromatic rings. The van der Waals surface area contributed by atoms with Crippen molar-refractivity contribution in [2.75, 3.05) is 0 Å². The number of rotatable bonds is 1. The lowest BCUT2D eigenvalue weighted by molar-refractivity contribution is 0.103. The van der Waals surface area contributed by atoms with Crippen molar-refractivity contribution in [1.82, 2.24) is 0 Å². The van der Waals surface area contributed by atoms with Gasteiger partial charge in [-0.1, -0.05) is 18.2 Å². The average molecular weight is 286 g/mol. The zero-order valence-electron chi connectivity index (χ0n) is 10.3. The van der Waals surface area contributed by atoms with Gasteiger partial charge in [-0.3, -0.25) is 10.2 Å². The van der Waals surface area contributed by atoms with E-state index in [0.29, 0.717) is 0 Å². The van der Waals surface area contributed by atoms with Crippen molar-refractivity contribution in [3.8, 4) is 0 Å². The van der Waals surface area contributed by atoms with Crippen molar-refractivity contribution < 1.29 is 13.2 Å². The summed E-state index contributed by atoms with van der Waals surface area (Å²) in [4.78, 5) is 12.2. The number of nitrogens with one attached hydrogen (secondary N) is 1. The molecule has 0 aliphatic carbocycles. The van der Waals surface area contributed by atoms with Gasteiger partial charge in [0.05, 0.1) is 9.79 Å². The fraction of sp³-hybridized carbons (Fsp3) is 0. The van der Waals surface area contributed by atoms with Crippen LogP contribution in [-0.2, 0) is 9.84 Å². The molecule has 3 rings (SSSR count). The van der Waals surface area contributed by atoms with Gasteiger partial charge in [-0.25, -0.2) is 8.42 Å². The maximum atomic E-state index is 12.6. The summed E-state index contributed by atoms with van der Waals surface area (Å²) in [6.45, 7) is 0. The second-order valence-electron chi connectivity index (χ2n) is 4.45. The Labute approximate surface area is 115 Å². The largest absolute Gasteiger partial charge is 0.384 e. The molecule has 3 N–H and O–H groups in total. The zero-order chi connectivity index (χ0) is 14.5. The molecule has 0 unspecified atom stereocenters. The number of benzene rings is 2. The number of amidine groups is 1. The van der Waals surface area contributed by atoms with Gasteiger partial charge >= 0.3 is 0 Å². The SMILES string of the molecule is N=C(N)c1ccc2c(c1)S(=O)(=O)c1ccccc1C2=O. The summed E-state index contributed by atoms with van der Waals surface area (Å²) < 4.78 is 25.1. The molecule has 0 aromatic heterocycles. The van der Waals surface area contributed by atoms with E-state index in [1.807, 2.05) is 0 Å². The normalized spacial score (nSPS) is 15.3. The van der Waals surface area contributed by atoms with Gasteiger partial charge < -0.3 is 5.73 Å². The Balaban J connectivity index is 2.38. The number of carbonyl (C=O) groups excluding carboxylic acids is 1.